The van der Waals surface area contributed by atoms with Gasteiger partial charge in [-0.2, -0.15) is 0 Å². The standard InChI is InChI=1S/C14H14N2O2/c1-8-6-13(17)16-12-7-10(4-5-11(8)12)15-14(18)9-2-3-9/h4-7,9H,2-3H2,1H3,(H,15,18)(H,16,17). The van der Waals surface area contributed by atoms with Gasteiger partial charge in [0.25, 0.3) is 0 Å². The Morgan fingerprint density at radius 3 is 2.83 bits per heavy atom. The number of aryl methyl sites for hydroxylation is 1. The van der Waals surface area contributed by atoms with Gasteiger partial charge >= 0.3 is 0 Å². The average molecular weight is 242 g/mol. The lowest BCUT2D eigenvalue weighted by atomic mass is 10.1. The number of hydrogen-bond acceptors (Lipinski definition) is 2. The van der Waals surface area contributed by atoms with Crippen LogP contribution in [0.2, 0.25) is 0 Å². The van der Waals surface area contributed by atoms with Crippen molar-refractivity contribution in [3.05, 3.63) is 40.2 Å². The van der Waals surface area contributed by atoms with Crippen LogP contribution in [0.4, 0.5) is 5.69 Å². The Hall–Kier alpha value is -2.10. The first-order valence-electron chi connectivity index (χ1n) is 6.08. The third kappa shape index (κ3) is 2.01. The number of amides is 1. The highest BCUT2D eigenvalue weighted by Crippen LogP contribution is 2.30. The smallest absolute Gasteiger partial charge is 0.248 e. The molecule has 4 heteroatoms. The van der Waals surface area contributed by atoms with Crippen molar-refractivity contribution < 1.29 is 4.79 Å². The molecule has 1 aliphatic rings. The lowest BCUT2D eigenvalue weighted by molar-refractivity contribution is -0.117. The number of carbonyl (C=O) groups excluding carboxylic acids is 1. The molecular weight excluding hydrogens is 228 g/mol. The summed E-state index contributed by atoms with van der Waals surface area (Å²) in [6.07, 6.45) is 1.96. The van der Waals surface area contributed by atoms with Gasteiger partial charge in [0.2, 0.25) is 11.5 Å². The summed E-state index contributed by atoms with van der Waals surface area (Å²) in [5.41, 5.74) is 2.31. The summed E-state index contributed by atoms with van der Waals surface area (Å²) in [5, 5.41) is 3.87. The topological polar surface area (TPSA) is 62.0 Å². The molecule has 2 aromatic rings. The van der Waals surface area contributed by atoms with Gasteiger partial charge in [-0.15, -0.1) is 0 Å². The van der Waals surface area contributed by atoms with Crippen molar-refractivity contribution in [3.63, 3.8) is 0 Å². The largest absolute Gasteiger partial charge is 0.326 e. The molecule has 0 spiro atoms. The number of hydrogen-bond donors (Lipinski definition) is 2. The molecule has 0 radical (unpaired) electrons. The van der Waals surface area contributed by atoms with Crippen molar-refractivity contribution >= 4 is 22.5 Å². The molecule has 92 valence electrons. The van der Waals surface area contributed by atoms with E-state index in [1.54, 1.807) is 6.07 Å². The number of H-pyrrole nitrogens is 1. The Labute approximate surface area is 104 Å². The molecule has 0 saturated heterocycles. The number of aromatic amines is 1. The molecule has 0 unspecified atom stereocenters. The average Bonchev–Trinajstić information content (AvgIpc) is 3.11. The second-order valence-electron chi connectivity index (χ2n) is 4.84. The van der Waals surface area contributed by atoms with Crippen LogP contribution in [0.25, 0.3) is 10.9 Å². The van der Waals surface area contributed by atoms with Crippen molar-refractivity contribution in [1.29, 1.82) is 0 Å². The van der Waals surface area contributed by atoms with Crippen LogP contribution in [-0.4, -0.2) is 10.9 Å². The van der Waals surface area contributed by atoms with Crippen molar-refractivity contribution in [2.24, 2.45) is 5.92 Å². The fraction of sp³-hybridized carbons (Fsp3) is 0.286. The van der Waals surface area contributed by atoms with E-state index in [4.69, 9.17) is 0 Å². The van der Waals surface area contributed by atoms with Crippen molar-refractivity contribution in [3.8, 4) is 0 Å². The van der Waals surface area contributed by atoms with Gasteiger partial charge in [-0.3, -0.25) is 9.59 Å². The minimum Gasteiger partial charge on any atom is -0.326 e. The number of rotatable bonds is 2. The molecule has 1 fully saturated rings. The number of nitrogens with one attached hydrogen (secondary N) is 2. The Morgan fingerprint density at radius 1 is 1.33 bits per heavy atom. The SMILES string of the molecule is Cc1cc(=O)[nH]c2cc(NC(=O)C3CC3)ccc12. The Kier molecular flexibility index (Phi) is 2.44. The molecule has 1 heterocycles. The Morgan fingerprint density at radius 2 is 2.11 bits per heavy atom. The lowest BCUT2D eigenvalue weighted by Crippen LogP contribution is -2.13. The highest BCUT2D eigenvalue weighted by atomic mass is 16.2. The first kappa shape index (κ1) is 11.0. The molecule has 4 nitrogen and oxygen atoms in total. The molecule has 1 aromatic heterocycles. The zero-order chi connectivity index (χ0) is 12.7. The maximum atomic E-state index is 11.7. The summed E-state index contributed by atoms with van der Waals surface area (Å²) in [5.74, 6) is 0.251. The maximum absolute atomic E-state index is 11.7. The van der Waals surface area contributed by atoms with Gasteiger partial charge in [-0.05, 0) is 37.5 Å². The number of pyridine rings is 1. The Balaban J connectivity index is 1.99. The molecular formula is C14H14N2O2. The van der Waals surface area contributed by atoms with Crippen LogP contribution < -0.4 is 10.9 Å². The van der Waals surface area contributed by atoms with Crippen LogP contribution in [0.15, 0.2) is 29.1 Å². The predicted molar refractivity (Wildman–Crippen MR) is 70.7 cm³/mol. The second kappa shape index (κ2) is 3.98. The van der Waals surface area contributed by atoms with Gasteiger partial charge in [0.1, 0.15) is 0 Å². The van der Waals surface area contributed by atoms with Gasteiger partial charge < -0.3 is 10.3 Å². The number of fused-ring (bicyclic) bond motifs is 1. The first-order chi connectivity index (χ1) is 8.63. The minimum absolute atomic E-state index is 0.0735. The van der Waals surface area contributed by atoms with E-state index in [0.717, 1.165) is 35.0 Å². The predicted octanol–water partition coefficient (Wildman–Crippen LogP) is 2.19. The normalized spacial score (nSPS) is 14.7. The third-order valence-corrected chi connectivity index (χ3v) is 3.27. The first-order valence-corrected chi connectivity index (χ1v) is 6.08. The van der Waals surface area contributed by atoms with Crippen LogP contribution in [0.5, 0.6) is 0 Å². The fourth-order valence-electron chi connectivity index (χ4n) is 2.10. The van der Waals surface area contributed by atoms with Gasteiger partial charge in [0.15, 0.2) is 0 Å². The Bertz CT molecular complexity index is 684. The number of benzene rings is 1. The summed E-state index contributed by atoms with van der Waals surface area (Å²) >= 11 is 0. The summed E-state index contributed by atoms with van der Waals surface area (Å²) in [6, 6.07) is 7.17. The van der Waals surface area contributed by atoms with Crippen LogP contribution in [-0.2, 0) is 4.79 Å². The second-order valence-corrected chi connectivity index (χ2v) is 4.84. The minimum atomic E-state index is -0.120. The molecule has 1 saturated carbocycles. The van der Waals surface area contributed by atoms with E-state index in [-0.39, 0.29) is 17.4 Å². The molecule has 1 aliphatic carbocycles. The van der Waals surface area contributed by atoms with E-state index in [1.807, 2.05) is 25.1 Å². The molecule has 0 aliphatic heterocycles. The molecule has 18 heavy (non-hydrogen) atoms. The summed E-state index contributed by atoms with van der Waals surface area (Å²) in [6.45, 7) is 1.90. The summed E-state index contributed by atoms with van der Waals surface area (Å²) in [7, 11) is 0. The molecule has 2 N–H and O–H groups in total. The zero-order valence-electron chi connectivity index (χ0n) is 10.1. The lowest BCUT2D eigenvalue weighted by Gasteiger charge is -2.07. The van der Waals surface area contributed by atoms with E-state index >= 15 is 0 Å². The van der Waals surface area contributed by atoms with Crippen molar-refractivity contribution in [2.75, 3.05) is 5.32 Å². The van der Waals surface area contributed by atoms with E-state index in [2.05, 4.69) is 10.3 Å². The fourth-order valence-corrected chi connectivity index (χ4v) is 2.10. The van der Waals surface area contributed by atoms with Crippen LogP contribution >= 0.6 is 0 Å². The summed E-state index contributed by atoms with van der Waals surface area (Å²) < 4.78 is 0. The molecule has 1 aromatic carbocycles. The number of anilines is 1. The van der Waals surface area contributed by atoms with E-state index < -0.39 is 0 Å². The quantitative estimate of drug-likeness (QED) is 0.847. The molecule has 0 atom stereocenters. The van der Waals surface area contributed by atoms with Crippen LogP contribution in [0.3, 0.4) is 0 Å². The molecule has 3 rings (SSSR count). The third-order valence-electron chi connectivity index (χ3n) is 3.27. The van der Waals surface area contributed by atoms with E-state index in [1.165, 1.54) is 0 Å². The van der Waals surface area contributed by atoms with Gasteiger partial charge in [0, 0.05) is 23.1 Å². The monoisotopic (exact) mass is 242 g/mol. The number of aromatic nitrogens is 1. The zero-order valence-corrected chi connectivity index (χ0v) is 10.1. The van der Waals surface area contributed by atoms with Crippen molar-refractivity contribution in [1.82, 2.24) is 4.98 Å². The maximum Gasteiger partial charge on any atom is 0.248 e. The van der Waals surface area contributed by atoms with E-state index in [9.17, 15) is 9.59 Å². The van der Waals surface area contributed by atoms with Gasteiger partial charge in [-0.25, -0.2) is 0 Å². The van der Waals surface area contributed by atoms with Gasteiger partial charge in [0.05, 0.1) is 5.52 Å². The summed E-state index contributed by atoms with van der Waals surface area (Å²) in [4.78, 5) is 25.9. The van der Waals surface area contributed by atoms with Crippen molar-refractivity contribution in [2.45, 2.75) is 19.8 Å². The molecule has 1 amide bonds. The highest BCUT2D eigenvalue weighted by molar-refractivity contribution is 5.96. The highest BCUT2D eigenvalue weighted by Gasteiger charge is 2.29. The number of carbonyl (C=O) groups is 1. The molecule has 0 bridgehead atoms. The van der Waals surface area contributed by atoms with Gasteiger partial charge in [-0.1, -0.05) is 6.07 Å². The van der Waals surface area contributed by atoms with E-state index in [0.29, 0.717) is 0 Å². The van der Waals surface area contributed by atoms with Crippen LogP contribution in [0.1, 0.15) is 18.4 Å². The van der Waals surface area contributed by atoms with Crippen LogP contribution in [0, 0.1) is 12.8 Å².